The Bertz CT molecular complexity index is 970. The highest BCUT2D eigenvalue weighted by molar-refractivity contribution is 7.91. The zero-order valence-electron chi connectivity index (χ0n) is 15.0. The number of carbonyl (C=O) groups is 1. The van der Waals surface area contributed by atoms with Crippen molar-refractivity contribution < 1.29 is 22.7 Å². The summed E-state index contributed by atoms with van der Waals surface area (Å²) in [7, 11) is -2.16. The van der Waals surface area contributed by atoms with E-state index in [4.69, 9.17) is 21.1 Å². The lowest BCUT2D eigenvalue weighted by Gasteiger charge is -2.37. The fraction of sp³-hybridized carbons (Fsp3) is 0.316. The second kappa shape index (κ2) is 7.50. The molecule has 1 fully saturated rings. The van der Waals surface area contributed by atoms with Crippen molar-refractivity contribution in [1.29, 1.82) is 0 Å². The van der Waals surface area contributed by atoms with E-state index in [1.54, 1.807) is 24.3 Å². The fourth-order valence-electron chi connectivity index (χ4n) is 2.89. The van der Waals surface area contributed by atoms with Gasteiger partial charge in [0, 0.05) is 5.41 Å². The highest BCUT2D eigenvalue weighted by atomic mass is 35.5. The normalized spacial score (nSPS) is 15.7. The average molecular weight is 410 g/mol. The third-order valence-electron chi connectivity index (χ3n) is 4.34. The molecule has 0 saturated carbocycles. The van der Waals surface area contributed by atoms with E-state index in [-0.39, 0.29) is 22.0 Å². The van der Waals surface area contributed by atoms with E-state index >= 15 is 0 Å². The lowest BCUT2D eigenvalue weighted by atomic mass is 9.92. The Morgan fingerprint density at radius 3 is 2.56 bits per heavy atom. The first-order valence-corrected chi connectivity index (χ1v) is 10.3. The van der Waals surface area contributed by atoms with E-state index in [2.05, 4.69) is 5.32 Å². The minimum Gasteiger partial charge on any atom is -0.496 e. The van der Waals surface area contributed by atoms with Crippen molar-refractivity contribution in [1.82, 2.24) is 0 Å². The van der Waals surface area contributed by atoms with Crippen LogP contribution in [0, 0.1) is 5.41 Å². The van der Waals surface area contributed by atoms with Crippen LogP contribution in [-0.4, -0.2) is 40.4 Å². The van der Waals surface area contributed by atoms with Crippen molar-refractivity contribution in [3.63, 3.8) is 0 Å². The van der Waals surface area contributed by atoms with Crippen LogP contribution in [0.4, 0.5) is 5.69 Å². The molecule has 0 unspecified atom stereocenters. The first kappa shape index (κ1) is 19.7. The third-order valence-corrected chi connectivity index (χ3v) is 6.71. The molecule has 1 saturated heterocycles. The third kappa shape index (κ3) is 4.26. The molecule has 8 heteroatoms. The Labute approximate surface area is 163 Å². The van der Waals surface area contributed by atoms with Gasteiger partial charge in [0.2, 0.25) is 0 Å². The van der Waals surface area contributed by atoms with Crippen LogP contribution in [0.3, 0.4) is 0 Å². The van der Waals surface area contributed by atoms with Gasteiger partial charge in [-0.2, -0.15) is 0 Å². The topological polar surface area (TPSA) is 81.7 Å². The van der Waals surface area contributed by atoms with Gasteiger partial charge in [-0.1, -0.05) is 30.7 Å². The maximum Gasteiger partial charge on any atom is 0.259 e. The van der Waals surface area contributed by atoms with Crippen LogP contribution >= 0.6 is 11.6 Å². The monoisotopic (exact) mass is 409 g/mol. The molecule has 1 amide bonds. The summed E-state index contributed by atoms with van der Waals surface area (Å²) in [5.74, 6) is -0.273. The number of sulfone groups is 1. The minimum atomic E-state index is -3.58. The number of benzene rings is 2. The van der Waals surface area contributed by atoms with Gasteiger partial charge >= 0.3 is 0 Å². The Morgan fingerprint density at radius 2 is 1.96 bits per heavy atom. The molecule has 2 aromatic rings. The molecule has 0 radical (unpaired) electrons. The lowest BCUT2D eigenvalue weighted by molar-refractivity contribution is -0.0870. The van der Waals surface area contributed by atoms with Crippen LogP contribution in [0.25, 0.3) is 0 Å². The zero-order valence-corrected chi connectivity index (χ0v) is 16.6. The number of para-hydroxylation sites is 1. The summed E-state index contributed by atoms with van der Waals surface area (Å²) >= 11 is 6.07. The molecule has 144 valence electrons. The summed E-state index contributed by atoms with van der Waals surface area (Å²) < 4.78 is 35.9. The molecule has 1 aliphatic rings. The Morgan fingerprint density at radius 1 is 1.26 bits per heavy atom. The molecule has 27 heavy (non-hydrogen) atoms. The molecule has 0 bridgehead atoms. The molecule has 6 nitrogen and oxygen atoms in total. The van der Waals surface area contributed by atoms with Crippen LogP contribution in [-0.2, 0) is 14.6 Å². The molecule has 0 spiro atoms. The number of carbonyl (C=O) groups excluding carboxylic acids is 1. The number of anilines is 1. The predicted molar refractivity (Wildman–Crippen MR) is 103 cm³/mol. The van der Waals surface area contributed by atoms with E-state index in [9.17, 15) is 13.2 Å². The van der Waals surface area contributed by atoms with Crippen molar-refractivity contribution in [3.05, 3.63) is 53.1 Å². The minimum absolute atomic E-state index is 0.0437. The van der Waals surface area contributed by atoms with Gasteiger partial charge in [-0.25, -0.2) is 8.42 Å². The Kier molecular flexibility index (Phi) is 5.46. The maximum absolute atomic E-state index is 12.8. The van der Waals surface area contributed by atoms with Gasteiger partial charge in [0.15, 0.2) is 9.84 Å². The summed E-state index contributed by atoms with van der Waals surface area (Å²) in [5, 5.41) is 3.07. The van der Waals surface area contributed by atoms with Crippen LogP contribution in [0.5, 0.6) is 5.75 Å². The van der Waals surface area contributed by atoms with Crippen molar-refractivity contribution >= 4 is 33.0 Å². The van der Waals surface area contributed by atoms with E-state index in [0.29, 0.717) is 23.9 Å². The van der Waals surface area contributed by atoms with Crippen LogP contribution in [0.2, 0.25) is 5.02 Å². The standard InChI is InChI=1S/C19H20ClNO5S/c1-19(10-26-11-19)12-27(23,24)13-7-8-17(25-2)14(9-13)18(22)21-16-6-4-3-5-15(16)20/h3-9H,10-12H2,1-2H3,(H,21,22). The number of nitrogens with one attached hydrogen (secondary N) is 1. The number of hydrogen-bond donors (Lipinski definition) is 1. The number of ether oxygens (including phenoxy) is 2. The number of rotatable bonds is 6. The van der Waals surface area contributed by atoms with Crippen LogP contribution in [0.15, 0.2) is 47.4 Å². The van der Waals surface area contributed by atoms with Gasteiger partial charge in [0.25, 0.3) is 5.91 Å². The fourth-order valence-corrected chi connectivity index (χ4v) is 4.89. The summed E-state index contributed by atoms with van der Waals surface area (Å²) in [6.45, 7) is 2.67. The van der Waals surface area contributed by atoms with Gasteiger partial charge in [-0.3, -0.25) is 4.79 Å². The van der Waals surface area contributed by atoms with E-state index in [0.717, 1.165) is 0 Å². The highest BCUT2D eigenvalue weighted by Crippen LogP contribution is 2.32. The number of halogens is 1. The molecule has 0 aromatic heterocycles. The second-order valence-corrected chi connectivity index (χ2v) is 9.26. The molecule has 0 aliphatic carbocycles. The molecule has 2 aromatic carbocycles. The molecule has 3 rings (SSSR count). The van der Waals surface area contributed by atoms with Crippen molar-refractivity contribution in [2.24, 2.45) is 5.41 Å². The van der Waals surface area contributed by atoms with E-state index in [1.807, 2.05) is 6.92 Å². The number of hydrogen-bond acceptors (Lipinski definition) is 5. The van der Waals surface area contributed by atoms with Crippen molar-refractivity contribution in [2.45, 2.75) is 11.8 Å². The lowest BCUT2D eigenvalue weighted by Crippen LogP contribution is -2.45. The van der Waals surface area contributed by atoms with Crippen LogP contribution in [0.1, 0.15) is 17.3 Å². The number of amides is 1. The molecule has 1 heterocycles. The first-order valence-electron chi connectivity index (χ1n) is 8.29. The highest BCUT2D eigenvalue weighted by Gasteiger charge is 2.38. The molecule has 0 atom stereocenters. The quantitative estimate of drug-likeness (QED) is 0.790. The van der Waals surface area contributed by atoms with Gasteiger partial charge in [0.1, 0.15) is 5.75 Å². The number of methoxy groups -OCH3 is 1. The van der Waals surface area contributed by atoms with Gasteiger partial charge < -0.3 is 14.8 Å². The maximum atomic E-state index is 12.8. The van der Waals surface area contributed by atoms with Gasteiger partial charge in [-0.15, -0.1) is 0 Å². The van der Waals surface area contributed by atoms with Crippen LogP contribution < -0.4 is 10.1 Å². The zero-order chi connectivity index (χ0) is 19.7. The first-order chi connectivity index (χ1) is 12.7. The summed E-state index contributed by atoms with van der Waals surface area (Å²) in [6.07, 6.45) is 0. The predicted octanol–water partition coefficient (Wildman–Crippen LogP) is 3.41. The van der Waals surface area contributed by atoms with Crippen molar-refractivity contribution in [2.75, 3.05) is 31.4 Å². The van der Waals surface area contributed by atoms with Gasteiger partial charge in [-0.05, 0) is 30.3 Å². The Balaban J connectivity index is 1.91. The van der Waals surface area contributed by atoms with E-state index < -0.39 is 21.2 Å². The van der Waals surface area contributed by atoms with E-state index in [1.165, 1.54) is 25.3 Å². The molecular formula is C19H20ClNO5S. The molecule has 1 aliphatic heterocycles. The summed E-state index contributed by atoms with van der Waals surface area (Å²) in [5.41, 5.74) is 0.144. The summed E-state index contributed by atoms with van der Waals surface area (Å²) in [6, 6.07) is 11.1. The molecular weight excluding hydrogens is 390 g/mol. The largest absolute Gasteiger partial charge is 0.496 e. The average Bonchev–Trinajstić information content (AvgIpc) is 2.61. The molecule has 1 N–H and O–H groups in total. The second-order valence-electron chi connectivity index (χ2n) is 6.86. The SMILES string of the molecule is COc1ccc(S(=O)(=O)CC2(C)COC2)cc1C(=O)Nc1ccccc1Cl. The Hall–Kier alpha value is -2.09. The summed E-state index contributed by atoms with van der Waals surface area (Å²) in [4.78, 5) is 12.8. The smallest absolute Gasteiger partial charge is 0.259 e. The van der Waals surface area contributed by atoms with Crippen molar-refractivity contribution in [3.8, 4) is 5.75 Å². The van der Waals surface area contributed by atoms with Gasteiger partial charge in [0.05, 0.1) is 47.2 Å².